The molecule has 0 bridgehead atoms. The Kier molecular flexibility index (Phi) is 3.52. The largest absolute Gasteiger partial charge is 0.391 e. The van der Waals surface area contributed by atoms with Gasteiger partial charge in [-0.1, -0.05) is 6.42 Å². The predicted molar refractivity (Wildman–Crippen MR) is 57.1 cm³/mol. The summed E-state index contributed by atoms with van der Waals surface area (Å²) in [6, 6.07) is 0.387. The third-order valence-electron chi connectivity index (χ3n) is 3.21. The second kappa shape index (κ2) is 4.67. The van der Waals surface area contributed by atoms with E-state index in [1.54, 1.807) is 0 Å². The molecule has 0 aromatic carbocycles. The van der Waals surface area contributed by atoms with E-state index in [4.69, 9.17) is 0 Å². The third-order valence-corrected chi connectivity index (χ3v) is 4.40. The van der Waals surface area contributed by atoms with Crippen molar-refractivity contribution in [2.45, 2.75) is 37.8 Å². The Labute approximate surface area is 84.5 Å². The Morgan fingerprint density at radius 2 is 2.23 bits per heavy atom. The first-order chi connectivity index (χ1) is 6.38. The van der Waals surface area contributed by atoms with E-state index in [-0.39, 0.29) is 6.10 Å². The molecule has 2 rings (SSSR count). The number of aliphatic hydroxyl groups excluding tert-OH is 1. The Balaban J connectivity index is 1.83. The van der Waals surface area contributed by atoms with Gasteiger partial charge < -0.3 is 10.4 Å². The van der Waals surface area contributed by atoms with Crippen molar-refractivity contribution < 1.29 is 5.11 Å². The summed E-state index contributed by atoms with van der Waals surface area (Å²) in [5, 5.41) is 13.5. The molecule has 76 valence electrons. The Morgan fingerprint density at radius 3 is 2.85 bits per heavy atom. The molecule has 0 aromatic rings. The standard InChI is InChI=1S/C10H19NOS/c12-10(8-4-6-13-7-8)9-3-1-2-5-11-9/h8-12H,1-7H2. The van der Waals surface area contributed by atoms with Crippen molar-refractivity contribution >= 4 is 11.8 Å². The van der Waals surface area contributed by atoms with Gasteiger partial charge in [0.1, 0.15) is 0 Å². The molecule has 0 amide bonds. The van der Waals surface area contributed by atoms with Gasteiger partial charge in [0.05, 0.1) is 6.10 Å². The lowest BCUT2D eigenvalue weighted by molar-refractivity contribution is 0.0680. The van der Waals surface area contributed by atoms with Crippen LogP contribution >= 0.6 is 11.8 Å². The first kappa shape index (κ1) is 9.81. The van der Waals surface area contributed by atoms with E-state index in [9.17, 15) is 5.11 Å². The highest BCUT2D eigenvalue weighted by molar-refractivity contribution is 7.99. The number of thioether (sulfide) groups is 1. The average molecular weight is 201 g/mol. The fourth-order valence-electron chi connectivity index (χ4n) is 2.32. The molecule has 2 N–H and O–H groups in total. The summed E-state index contributed by atoms with van der Waals surface area (Å²) in [7, 11) is 0. The second-order valence-electron chi connectivity index (χ2n) is 4.17. The van der Waals surface area contributed by atoms with Crippen molar-refractivity contribution in [3.63, 3.8) is 0 Å². The Bertz CT molecular complexity index is 153. The van der Waals surface area contributed by atoms with Gasteiger partial charge in [-0.15, -0.1) is 0 Å². The maximum absolute atomic E-state index is 10.1. The molecule has 0 aliphatic carbocycles. The van der Waals surface area contributed by atoms with Gasteiger partial charge in [-0.3, -0.25) is 0 Å². The number of rotatable bonds is 2. The van der Waals surface area contributed by atoms with Crippen molar-refractivity contribution in [1.29, 1.82) is 0 Å². The van der Waals surface area contributed by atoms with Crippen molar-refractivity contribution in [2.24, 2.45) is 5.92 Å². The van der Waals surface area contributed by atoms with E-state index in [0.717, 1.165) is 6.54 Å². The van der Waals surface area contributed by atoms with Crippen LogP contribution in [0, 0.1) is 5.92 Å². The number of hydrogen-bond acceptors (Lipinski definition) is 3. The molecule has 3 heteroatoms. The van der Waals surface area contributed by atoms with Gasteiger partial charge in [0, 0.05) is 6.04 Å². The minimum absolute atomic E-state index is 0.0877. The van der Waals surface area contributed by atoms with E-state index >= 15 is 0 Å². The molecular formula is C10H19NOS. The van der Waals surface area contributed by atoms with E-state index in [1.165, 1.54) is 37.2 Å². The van der Waals surface area contributed by atoms with Crippen molar-refractivity contribution in [1.82, 2.24) is 5.32 Å². The van der Waals surface area contributed by atoms with Crippen LogP contribution in [0.4, 0.5) is 0 Å². The lowest BCUT2D eigenvalue weighted by atomic mass is 9.90. The highest BCUT2D eigenvalue weighted by atomic mass is 32.2. The second-order valence-corrected chi connectivity index (χ2v) is 5.32. The van der Waals surface area contributed by atoms with Gasteiger partial charge >= 0.3 is 0 Å². The van der Waals surface area contributed by atoms with E-state index in [0.29, 0.717) is 12.0 Å². The summed E-state index contributed by atoms with van der Waals surface area (Å²) >= 11 is 1.99. The van der Waals surface area contributed by atoms with E-state index in [2.05, 4.69) is 5.32 Å². The number of piperidine rings is 1. The smallest absolute Gasteiger partial charge is 0.0729 e. The van der Waals surface area contributed by atoms with Crippen LogP contribution in [0.3, 0.4) is 0 Å². The minimum Gasteiger partial charge on any atom is -0.391 e. The van der Waals surface area contributed by atoms with Gasteiger partial charge in [-0.25, -0.2) is 0 Å². The lowest BCUT2D eigenvalue weighted by Crippen LogP contribution is -2.46. The fraction of sp³-hybridized carbons (Fsp3) is 1.00. The summed E-state index contributed by atoms with van der Waals surface area (Å²) in [6.45, 7) is 1.10. The van der Waals surface area contributed by atoms with Crippen LogP contribution in [0.15, 0.2) is 0 Å². The van der Waals surface area contributed by atoms with Crippen molar-refractivity contribution in [3.05, 3.63) is 0 Å². The molecule has 2 heterocycles. The zero-order valence-corrected chi connectivity index (χ0v) is 8.85. The topological polar surface area (TPSA) is 32.3 Å². The monoisotopic (exact) mass is 201 g/mol. The molecule has 0 radical (unpaired) electrons. The molecule has 0 aromatic heterocycles. The van der Waals surface area contributed by atoms with Crippen molar-refractivity contribution in [3.8, 4) is 0 Å². The van der Waals surface area contributed by atoms with Crippen LogP contribution in [0.1, 0.15) is 25.7 Å². The third kappa shape index (κ3) is 2.39. The first-order valence-electron chi connectivity index (χ1n) is 5.37. The highest BCUT2D eigenvalue weighted by Crippen LogP contribution is 2.29. The van der Waals surface area contributed by atoms with Crippen LogP contribution in [-0.2, 0) is 0 Å². The van der Waals surface area contributed by atoms with Crippen LogP contribution in [0.5, 0.6) is 0 Å². The summed E-state index contributed by atoms with van der Waals surface area (Å²) < 4.78 is 0. The van der Waals surface area contributed by atoms with Gasteiger partial charge in [0.15, 0.2) is 0 Å². The molecular weight excluding hydrogens is 182 g/mol. The van der Waals surface area contributed by atoms with Crippen LogP contribution in [-0.4, -0.2) is 35.3 Å². The Morgan fingerprint density at radius 1 is 1.31 bits per heavy atom. The molecule has 3 unspecified atom stereocenters. The minimum atomic E-state index is -0.0877. The van der Waals surface area contributed by atoms with Crippen LogP contribution < -0.4 is 5.32 Å². The summed E-state index contributed by atoms with van der Waals surface area (Å²) in [5.74, 6) is 2.97. The molecule has 3 atom stereocenters. The normalized spacial score (nSPS) is 37.6. The predicted octanol–water partition coefficient (Wildman–Crippen LogP) is 1.24. The van der Waals surface area contributed by atoms with Crippen LogP contribution in [0.25, 0.3) is 0 Å². The molecule has 2 nitrogen and oxygen atoms in total. The first-order valence-corrected chi connectivity index (χ1v) is 6.52. The van der Waals surface area contributed by atoms with Crippen molar-refractivity contribution in [2.75, 3.05) is 18.1 Å². The summed E-state index contributed by atoms with van der Waals surface area (Å²) in [5.41, 5.74) is 0. The number of aliphatic hydroxyl groups is 1. The number of nitrogens with one attached hydrogen (secondary N) is 1. The van der Waals surface area contributed by atoms with Crippen LogP contribution in [0.2, 0.25) is 0 Å². The molecule has 2 aliphatic rings. The van der Waals surface area contributed by atoms with Gasteiger partial charge in [-0.2, -0.15) is 11.8 Å². The summed E-state index contributed by atoms with van der Waals surface area (Å²) in [6.07, 6.45) is 4.86. The van der Waals surface area contributed by atoms with Gasteiger partial charge in [0.25, 0.3) is 0 Å². The molecule has 0 saturated carbocycles. The van der Waals surface area contributed by atoms with E-state index < -0.39 is 0 Å². The van der Waals surface area contributed by atoms with E-state index in [1.807, 2.05) is 11.8 Å². The van der Waals surface area contributed by atoms with Gasteiger partial charge in [-0.05, 0) is 43.2 Å². The zero-order valence-electron chi connectivity index (χ0n) is 8.04. The highest BCUT2D eigenvalue weighted by Gasteiger charge is 2.30. The molecule has 0 spiro atoms. The lowest BCUT2D eigenvalue weighted by Gasteiger charge is -2.31. The quantitative estimate of drug-likeness (QED) is 0.705. The molecule has 2 saturated heterocycles. The van der Waals surface area contributed by atoms with Gasteiger partial charge in [0.2, 0.25) is 0 Å². The summed E-state index contributed by atoms with van der Waals surface area (Å²) in [4.78, 5) is 0. The number of hydrogen-bond donors (Lipinski definition) is 2. The fourth-order valence-corrected chi connectivity index (χ4v) is 3.62. The molecule has 2 fully saturated rings. The SMILES string of the molecule is OC(C1CCSC1)C1CCCCN1. The zero-order chi connectivity index (χ0) is 9.10. The molecule has 2 aliphatic heterocycles. The average Bonchev–Trinajstić information content (AvgIpc) is 2.71. The Hall–Kier alpha value is 0.270. The molecule has 13 heavy (non-hydrogen) atoms. The maximum Gasteiger partial charge on any atom is 0.0729 e. The maximum atomic E-state index is 10.1.